The Kier molecular flexibility index (Phi) is 7.30. The van der Waals surface area contributed by atoms with Gasteiger partial charge in [-0.15, -0.1) is 0 Å². The molecule has 3 aromatic rings. The zero-order chi connectivity index (χ0) is 20.6. The molecule has 2 aromatic carbocycles. The highest BCUT2D eigenvalue weighted by molar-refractivity contribution is 7.03. The molecule has 6 nitrogen and oxygen atoms in total. The van der Waals surface area contributed by atoms with Crippen molar-refractivity contribution in [1.82, 2.24) is 8.52 Å². The maximum Gasteiger partial charge on any atom is 0.221 e. The van der Waals surface area contributed by atoms with Crippen LogP contribution in [0.4, 0.5) is 11.4 Å². The van der Waals surface area contributed by atoms with E-state index in [2.05, 4.69) is 22.4 Å². The molecule has 0 aliphatic heterocycles. The van der Waals surface area contributed by atoms with Crippen molar-refractivity contribution in [3.8, 4) is 11.5 Å². The number of aromatic nitrogens is 2. The monoisotopic (exact) mass is 412 g/mol. The fraction of sp³-hybridized carbons (Fsp3) is 0.364. The molecule has 0 bridgehead atoms. The van der Waals surface area contributed by atoms with E-state index in [0.717, 1.165) is 46.4 Å². The SMILES string of the molecule is CCOc1ccc(N=c2sn(CC)c(=Nc3ccc(OCC)cc3)n2CC)cc1. The van der Waals surface area contributed by atoms with Crippen LogP contribution in [0.15, 0.2) is 58.5 Å². The van der Waals surface area contributed by atoms with E-state index in [-0.39, 0.29) is 0 Å². The Hall–Kier alpha value is -2.80. The van der Waals surface area contributed by atoms with E-state index in [1.807, 2.05) is 62.4 Å². The quantitative estimate of drug-likeness (QED) is 0.541. The zero-order valence-corrected chi connectivity index (χ0v) is 18.3. The van der Waals surface area contributed by atoms with E-state index >= 15 is 0 Å². The van der Waals surface area contributed by atoms with Gasteiger partial charge in [0.15, 0.2) is 0 Å². The molecule has 154 valence electrons. The minimum absolute atomic E-state index is 0.656. The van der Waals surface area contributed by atoms with Gasteiger partial charge in [0, 0.05) is 13.1 Å². The summed E-state index contributed by atoms with van der Waals surface area (Å²) in [4.78, 5) is 10.7. The van der Waals surface area contributed by atoms with Crippen molar-refractivity contribution < 1.29 is 9.47 Å². The van der Waals surface area contributed by atoms with Gasteiger partial charge in [0.2, 0.25) is 10.4 Å². The van der Waals surface area contributed by atoms with Crippen LogP contribution in [0.1, 0.15) is 27.7 Å². The molecule has 0 aliphatic rings. The molecule has 0 fully saturated rings. The number of hydrogen-bond donors (Lipinski definition) is 0. The van der Waals surface area contributed by atoms with Crippen molar-refractivity contribution in [3.63, 3.8) is 0 Å². The lowest BCUT2D eigenvalue weighted by molar-refractivity contribution is 0.340. The molecule has 3 rings (SSSR count). The molecular formula is C22H28N4O2S. The van der Waals surface area contributed by atoms with Crippen LogP contribution in [0.3, 0.4) is 0 Å². The van der Waals surface area contributed by atoms with Crippen molar-refractivity contribution in [1.29, 1.82) is 0 Å². The Bertz CT molecular complexity index is 1040. The third-order valence-corrected chi connectivity index (χ3v) is 5.36. The maximum atomic E-state index is 5.52. The normalized spacial score (nSPS) is 12.4. The number of nitrogens with zero attached hydrogens (tertiary/aromatic N) is 4. The Morgan fingerprint density at radius 1 is 0.724 bits per heavy atom. The molecule has 0 radical (unpaired) electrons. The fourth-order valence-corrected chi connectivity index (χ4v) is 3.88. The summed E-state index contributed by atoms with van der Waals surface area (Å²) >= 11 is 1.61. The molecule has 1 heterocycles. The number of rotatable bonds is 8. The van der Waals surface area contributed by atoms with Crippen LogP contribution in [0.5, 0.6) is 11.5 Å². The molecule has 0 aliphatic carbocycles. The first kappa shape index (κ1) is 20.9. The second kappa shape index (κ2) is 10.1. The largest absolute Gasteiger partial charge is 0.494 e. The van der Waals surface area contributed by atoms with Crippen LogP contribution in [-0.2, 0) is 13.1 Å². The predicted molar refractivity (Wildman–Crippen MR) is 117 cm³/mol. The maximum absolute atomic E-state index is 5.52. The van der Waals surface area contributed by atoms with Gasteiger partial charge in [0.25, 0.3) is 0 Å². The van der Waals surface area contributed by atoms with Crippen LogP contribution < -0.4 is 19.9 Å². The lowest BCUT2D eigenvalue weighted by atomic mass is 10.3. The molecule has 29 heavy (non-hydrogen) atoms. The summed E-state index contributed by atoms with van der Waals surface area (Å²) in [6.45, 7) is 11.1. The molecule has 0 saturated carbocycles. The highest BCUT2D eigenvalue weighted by Gasteiger charge is 2.06. The average Bonchev–Trinajstić information content (AvgIpc) is 3.07. The van der Waals surface area contributed by atoms with E-state index in [4.69, 9.17) is 19.5 Å². The molecule has 1 aromatic heterocycles. The first-order valence-corrected chi connectivity index (χ1v) is 10.8. The molecule has 0 unspecified atom stereocenters. The lowest BCUT2D eigenvalue weighted by Gasteiger charge is -2.03. The van der Waals surface area contributed by atoms with Crippen molar-refractivity contribution >= 4 is 22.9 Å². The van der Waals surface area contributed by atoms with E-state index in [9.17, 15) is 0 Å². The molecule has 7 heteroatoms. The second-order valence-corrected chi connectivity index (χ2v) is 7.18. The third-order valence-electron chi connectivity index (χ3n) is 4.24. The summed E-state index contributed by atoms with van der Waals surface area (Å²) in [7, 11) is 0. The Labute approximate surface area is 175 Å². The zero-order valence-electron chi connectivity index (χ0n) is 17.5. The number of aryl methyl sites for hydroxylation is 1. The first-order chi connectivity index (χ1) is 14.2. The van der Waals surface area contributed by atoms with E-state index in [1.54, 1.807) is 11.5 Å². The third kappa shape index (κ3) is 5.17. The molecule has 0 amide bonds. The number of benzene rings is 2. The van der Waals surface area contributed by atoms with Gasteiger partial charge in [-0.05, 0) is 87.8 Å². The Balaban J connectivity index is 2.03. The average molecular weight is 413 g/mol. The van der Waals surface area contributed by atoms with Gasteiger partial charge in [-0.1, -0.05) is 0 Å². The minimum atomic E-state index is 0.656. The standard InChI is InChI=1S/C22H28N4O2S/c1-5-25-21(23-17-9-13-19(14-10-17)27-7-3)26(6-2)29-22(25)24-18-11-15-20(16-12-18)28-8-4/h9-16H,5-8H2,1-4H3. The summed E-state index contributed by atoms with van der Waals surface area (Å²) in [6.07, 6.45) is 0. The van der Waals surface area contributed by atoms with E-state index < -0.39 is 0 Å². The summed E-state index contributed by atoms with van der Waals surface area (Å²) in [5.41, 5.74) is 2.69. The highest BCUT2D eigenvalue weighted by Crippen LogP contribution is 2.18. The van der Waals surface area contributed by atoms with E-state index in [1.165, 1.54) is 0 Å². The van der Waals surface area contributed by atoms with Gasteiger partial charge in [0.1, 0.15) is 11.5 Å². The van der Waals surface area contributed by atoms with Crippen molar-refractivity contribution in [2.45, 2.75) is 40.8 Å². The number of hydrogen-bond acceptors (Lipinski definition) is 5. The Morgan fingerprint density at radius 2 is 1.24 bits per heavy atom. The second-order valence-electron chi connectivity index (χ2n) is 6.19. The van der Waals surface area contributed by atoms with Gasteiger partial charge < -0.3 is 9.47 Å². The molecular weight excluding hydrogens is 384 g/mol. The molecule has 0 saturated heterocycles. The predicted octanol–water partition coefficient (Wildman–Crippen LogP) is 4.65. The van der Waals surface area contributed by atoms with Crippen LogP contribution in [0, 0.1) is 0 Å². The van der Waals surface area contributed by atoms with Crippen LogP contribution >= 0.6 is 11.5 Å². The molecule has 0 atom stereocenters. The number of ether oxygens (including phenoxy) is 2. The summed E-state index contributed by atoms with van der Waals surface area (Å²) in [5.74, 6) is 1.71. The van der Waals surface area contributed by atoms with Crippen molar-refractivity contribution in [2.75, 3.05) is 13.2 Å². The van der Waals surface area contributed by atoms with E-state index in [0.29, 0.717) is 13.2 Å². The summed E-state index contributed by atoms with van der Waals surface area (Å²) < 4.78 is 15.3. The first-order valence-electron chi connectivity index (χ1n) is 10.0. The van der Waals surface area contributed by atoms with Gasteiger partial charge in [-0.25, -0.2) is 9.98 Å². The summed E-state index contributed by atoms with van der Waals surface area (Å²) in [6, 6.07) is 15.7. The Morgan fingerprint density at radius 3 is 1.69 bits per heavy atom. The van der Waals surface area contributed by atoms with Gasteiger partial charge in [-0.3, -0.25) is 8.52 Å². The van der Waals surface area contributed by atoms with Gasteiger partial charge in [-0.2, -0.15) is 0 Å². The fourth-order valence-electron chi connectivity index (χ4n) is 2.88. The highest BCUT2D eigenvalue weighted by atomic mass is 32.1. The minimum Gasteiger partial charge on any atom is -0.494 e. The lowest BCUT2D eigenvalue weighted by Crippen LogP contribution is -2.29. The van der Waals surface area contributed by atoms with Crippen LogP contribution in [-0.4, -0.2) is 21.7 Å². The topological polar surface area (TPSA) is 53.0 Å². The van der Waals surface area contributed by atoms with Gasteiger partial charge in [0.05, 0.1) is 24.6 Å². The van der Waals surface area contributed by atoms with Gasteiger partial charge >= 0.3 is 0 Å². The van der Waals surface area contributed by atoms with Crippen LogP contribution in [0.2, 0.25) is 0 Å². The smallest absolute Gasteiger partial charge is 0.221 e. The summed E-state index contributed by atoms with van der Waals surface area (Å²) in [5, 5.41) is 0. The van der Waals surface area contributed by atoms with Crippen molar-refractivity contribution in [2.24, 2.45) is 9.98 Å². The van der Waals surface area contributed by atoms with Crippen LogP contribution in [0.25, 0.3) is 0 Å². The molecule has 0 spiro atoms. The van der Waals surface area contributed by atoms with Crippen molar-refractivity contribution in [3.05, 3.63) is 59.0 Å². The molecule has 0 N–H and O–H groups in total.